The van der Waals surface area contributed by atoms with Crippen LogP contribution < -0.4 is 0 Å². The van der Waals surface area contributed by atoms with E-state index in [0.29, 0.717) is 24.2 Å². The number of hydrogen-bond donors (Lipinski definition) is 0. The Morgan fingerprint density at radius 1 is 0.842 bits per heavy atom. The normalized spacial score (nSPS) is 33.2. The molecular formula is C14H24O5. The van der Waals surface area contributed by atoms with E-state index in [0.717, 1.165) is 52.7 Å². The van der Waals surface area contributed by atoms with Crippen molar-refractivity contribution in [3.63, 3.8) is 0 Å². The monoisotopic (exact) mass is 272 g/mol. The third-order valence-electron chi connectivity index (χ3n) is 3.66. The zero-order valence-electron chi connectivity index (χ0n) is 11.4. The van der Waals surface area contributed by atoms with Crippen LogP contribution in [0.15, 0.2) is 0 Å². The maximum absolute atomic E-state index is 5.70. The zero-order chi connectivity index (χ0) is 12.9. The number of epoxide rings is 3. The lowest BCUT2D eigenvalue weighted by molar-refractivity contribution is 0.0258. The molecule has 0 amide bonds. The Hall–Kier alpha value is -0.200. The summed E-state index contributed by atoms with van der Waals surface area (Å²) in [6.07, 6.45) is 4.75. The van der Waals surface area contributed by atoms with E-state index < -0.39 is 0 Å². The standard InChI is InChI=1S/C14H24O5/c1(3-12-8-17-12)2-11(4-15-6-13-9-18-13)5-16-7-14-10-19-14/h11-14H,1-10H2. The van der Waals surface area contributed by atoms with E-state index >= 15 is 0 Å². The molecule has 0 radical (unpaired) electrons. The van der Waals surface area contributed by atoms with Crippen molar-refractivity contribution in [2.75, 3.05) is 46.2 Å². The van der Waals surface area contributed by atoms with Gasteiger partial charge in [0, 0.05) is 5.92 Å². The maximum atomic E-state index is 5.70. The van der Waals surface area contributed by atoms with Crippen LogP contribution >= 0.6 is 0 Å². The minimum Gasteiger partial charge on any atom is -0.378 e. The fraction of sp³-hybridized carbons (Fsp3) is 1.00. The van der Waals surface area contributed by atoms with Crippen LogP contribution in [0.2, 0.25) is 0 Å². The Morgan fingerprint density at radius 2 is 1.37 bits per heavy atom. The first-order chi connectivity index (χ1) is 9.40. The minimum absolute atomic E-state index is 0.348. The summed E-state index contributed by atoms with van der Waals surface area (Å²) in [4.78, 5) is 0. The first-order valence-corrected chi connectivity index (χ1v) is 7.40. The van der Waals surface area contributed by atoms with Crippen LogP contribution in [0.4, 0.5) is 0 Å². The summed E-state index contributed by atoms with van der Waals surface area (Å²) in [5.74, 6) is 0.483. The van der Waals surface area contributed by atoms with Crippen LogP contribution in [0, 0.1) is 5.92 Å². The maximum Gasteiger partial charge on any atom is 0.104 e. The molecule has 5 heteroatoms. The van der Waals surface area contributed by atoms with E-state index in [2.05, 4.69) is 0 Å². The lowest BCUT2D eigenvalue weighted by atomic mass is 10.0. The quantitative estimate of drug-likeness (QED) is 0.496. The molecule has 5 nitrogen and oxygen atoms in total. The van der Waals surface area contributed by atoms with Gasteiger partial charge in [-0.1, -0.05) is 6.42 Å². The van der Waals surface area contributed by atoms with Crippen molar-refractivity contribution < 1.29 is 23.7 Å². The lowest BCUT2D eigenvalue weighted by Gasteiger charge is -2.16. The van der Waals surface area contributed by atoms with Gasteiger partial charge in [0.05, 0.1) is 52.4 Å². The van der Waals surface area contributed by atoms with E-state index in [4.69, 9.17) is 23.7 Å². The molecule has 0 N–H and O–H groups in total. The zero-order valence-corrected chi connectivity index (χ0v) is 11.4. The fourth-order valence-electron chi connectivity index (χ4n) is 2.14. The van der Waals surface area contributed by atoms with Crippen LogP contribution in [0.5, 0.6) is 0 Å². The summed E-state index contributed by atoms with van der Waals surface area (Å²) in [6, 6.07) is 0. The number of hydrogen-bond acceptors (Lipinski definition) is 5. The molecule has 0 aromatic carbocycles. The van der Waals surface area contributed by atoms with E-state index in [1.807, 2.05) is 0 Å². The molecule has 0 spiro atoms. The summed E-state index contributed by atoms with van der Waals surface area (Å²) >= 11 is 0. The summed E-state index contributed by atoms with van der Waals surface area (Å²) in [6.45, 7) is 5.68. The molecule has 3 saturated heterocycles. The highest BCUT2D eigenvalue weighted by Gasteiger charge is 2.25. The van der Waals surface area contributed by atoms with Crippen LogP contribution in [0.3, 0.4) is 0 Å². The van der Waals surface area contributed by atoms with Crippen molar-refractivity contribution in [3.8, 4) is 0 Å². The highest BCUT2D eigenvalue weighted by atomic mass is 16.6. The Bertz CT molecular complexity index is 218. The molecule has 3 atom stereocenters. The molecule has 0 aliphatic carbocycles. The van der Waals surface area contributed by atoms with Crippen LogP contribution in [0.1, 0.15) is 19.3 Å². The van der Waals surface area contributed by atoms with Crippen molar-refractivity contribution in [1.29, 1.82) is 0 Å². The van der Waals surface area contributed by atoms with Gasteiger partial charge in [0.25, 0.3) is 0 Å². The van der Waals surface area contributed by atoms with E-state index in [9.17, 15) is 0 Å². The van der Waals surface area contributed by atoms with E-state index in [1.165, 1.54) is 12.8 Å². The average molecular weight is 272 g/mol. The van der Waals surface area contributed by atoms with Gasteiger partial charge in [-0.3, -0.25) is 0 Å². The van der Waals surface area contributed by atoms with Gasteiger partial charge in [-0.25, -0.2) is 0 Å². The molecule has 0 bridgehead atoms. The van der Waals surface area contributed by atoms with Gasteiger partial charge in [0.2, 0.25) is 0 Å². The second-order valence-electron chi connectivity index (χ2n) is 5.74. The molecule has 3 rings (SSSR count). The van der Waals surface area contributed by atoms with Crippen molar-refractivity contribution in [2.45, 2.75) is 37.6 Å². The second-order valence-corrected chi connectivity index (χ2v) is 5.74. The Labute approximate surface area is 114 Å². The van der Waals surface area contributed by atoms with Crippen molar-refractivity contribution in [3.05, 3.63) is 0 Å². The molecule has 0 aromatic rings. The van der Waals surface area contributed by atoms with Crippen molar-refractivity contribution in [1.82, 2.24) is 0 Å². The molecule has 3 fully saturated rings. The highest BCUT2D eigenvalue weighted by Crippen LogP contribution is 2.20. The van der Waals surface area contributed by atoms with Crippen LogP contribution in [-0.4, -0.2) is 64.6 Å². The first kappa shape index (κ1) is 13.8. The average Bonchev–Trinajstić information content (AvgIpc) is 3.26. The smallest absolute Gasteiger partial charge is 0.104 e. The molecule has 3 unspecified atom stereocenters. The van der Waals surface area contributed by atoms with Gasteiger partial charge in [0.1, 0.15) is 12.2 Å². The van der Waals surface area contributed by atoms with Crippen LogP contribution in [0.25, 0.3) is 0 Å². The fourth-order valence-corrected chi connectivity index (χ4v) is 2.14. The molecule has 3 heterocycles. The van der Waals surface area contributed by atoms with Crippen molar-refractivity contribution >= 4 is 0 Å². The third kappa shape index (κ3) is 6.19. The molecule has 3 aliphatic heterocycles. The lowest BCUT2D eigenvalue weighted by Crippen LogP contribution is -2.19. The molecule has 3 aliphatic rings. The topological polar surface area (TPSA) is 56.0 Å². The molecule has 19 heavy (non-hydrogen) atoms. The van der Waals surface area contributed by atoms with Gasteiger partial charge < -0.3 is 23.7 Å². The predicted molar refractivity (Wildman–Crippen MR) is 68.2 cm³/mol. The third-order valence-corrected chi connectivity index (χ3v) is 3.66. The second kappa shape index (κ2) is 6.99. The van der Waals surface area contributed by atoms with Gasteiger partial charge in [-0.15, -0.1) is 0 Å². The summed E-state index contributed by atoms with van der Waals surface area (Å²) in [5, 5.41) is 0. The Morgan fingerprint density at radius 3 is 1.84 bits per heavy atom. The number of ether oxygens (including phenoxy) is 5. The highest BCUT2D eigenvalue weighted by molar-refractivity contribution is 4.72. The predicted octanol–water partition coefficient (Wildman–Crippen LogP) is 1.00. The van der Waals surface area contributed by atoms with E-state index in [-0.39, 0.29) is 0 Å². The first-order valence-electron chi connectivity index (χ1n) is 7.40. The Balaban J connectivity index is 1.26. The molecular weight excluding hydrogens is 248 g/mol. The molecule has 110 valence electrons. The molecule has 0 aromatic heterocycles. The summed E-state index contributed by atoms with van der Waals surface area (Å²) in [7, 11) is 0. The largest absolute Gasteiger partial charge is 0.378 e. The minimum atomic E-state index is 0.348. The van der Waals surface area contributed by atoms with Crippen LogP contribution in [-0.2, 0) is 23.7 Å². The molecule has 0 saturated carbocycles. The summed E-state index contributed by atoms with van der Waals surface area (Å²) < 4.78 is 26.9. The Kier molecular flexibility index (Phi) is 5.07. The van der Waals surface area contributed by atoms with E-state index in [1.54, 1.807) is 0 Å². The summed E-state index contributed by atoms with van der Waals surface area (Å²) in [5.41, 5.74) is 0. The van der Waals surface area contributed by atoms with Crippen molar-refractivity contribution in [2.24, 2.45) is 5.92 Å². The van der Waals surface area contributed by atoms with Gasteiger partial charge in [0.15, 0.2) is 0 Å². The number of rotatable bonds is 12. The van der Waals surface area contributed by atoms with Gasteiger partial charge >= 0.3 is 0 Å². The SMILES string of the molecule is C(CC(COCC1CO1)COCC1CO1)CC1CO1. The van der Waals surface area contributed by atoms with Gasteiger partial charge in [-0.2, -0.15) is 0 Å². The van der Waals surface area contributed by atoms with Gasteiger partial charge in [-0.05, 0) is 12.8 Å².